The molecule has 0 aliphatic carbocycles. The van der Waals surface area contributed by atoms with Crippen LogP contribution in [0.15, 0.2) is 60.9 Å². The predicted molar refractivity (Wildman–Crippen MR) is 120 cm³/mol. The molecule has 30 heavy (non-hydrogen) atoms. The van der Waals surface area contributed by atoms with Gasteiger partial charge in [0.25, 0.3) is 5.91 Å². The SMILES string of the molecule is O=C(c1ccc(N2CCCC2)nc1)N(Cc1ccc(Cl)c(Cl)c1)Cc1ccccn1. The highest BCUT2D eigenvalue weighted by Gasteiger charge is 2.19. The maximum absolute atomic E-state index is 13.3. The summed E-state index contributed by atoms with van der Waals surface area (Å²) in [5.41, 5.74) is 2.26. The summed E-state index contributed by atoms with van der Waals surface area (Å²) in [4.78, 5) is 26.2. The van der Waals surface area contributed by atoms with Crippen molar-refractivity contribution in [2.24, 2.45) is 0 Å². The molecule has 154 valence electrons. The number of pyridine rings is 2. The second-order valence-electron chi connectivity index (χ2n) is 7.33. The minimum Gasteiger partial charge on any atom is -0.357 e. The molecule has 1 aliphatic heterocycles. The van der Waals surface area contributed by atoms with Crippen LogP contribution in [0.25, 0.3) is 0 Å². The third-order valence-electron chi connectivity index (χ3n) is 5.15. The van der Waals surface area contributed by atoms with Gasteiger partial charge in [-0.3, -0.25) is 9.78 Å². The van der Waals surface area contributed by atoms with Crippen LogP contribution in [-0.4, -0.2) is 33.9 Å². The maximum atomic E-state index is 13.3. The second-order valence-corrected chi connectivity index (χ2v) is 8.14. The van der Waals surface area contributed by atoms with Gasteiger partial charge in [-0.2, -0.15) is 0 Å². The molecule has 1 fully saturated rings. The van der Waals surface area contributed by atoms with Crippen LogP contribution < -0.4 is 4.90 Å². The number of aromatic nitrogens is 2. The van der Waals surface area contributed by atoms with Crippen molar-refractivity contribution in [1.29, 1.82) is 0 Å². The fourth-order valence-corrected chi connectivity index (χ4v) is 3.89. The Morgan fingerprint density at radius 2 is 1.80 bits per heavy atom. The number of carbonyl (C=O) groups excluding carboxylic acids is 1. The zero-order chi connectivity index (χ0) is 20.9. The van der Waals surface area contributed by atoms with Crippen LogP contribution in [0.5, 0.6) is 0 Å². The smallest absolute Gasteiger partial charge is 0.256 e. The van der Waals surface area contributed by atoms with E-state index in [1.807, 2.05) is 36.4 Å². The molecule has 1 aromatic carbocycles. The van der Waals surface area contributed by atoms with Gasteiger partial charge in [-0.25, -0.2) is 4.98 Å². The molecular weight excluding hydrogens is 419 g/mol. The minimum atomic E-state index is -0.104. The largest absolute Gasteiger partial charge is 0.357 e. The minimum absolute atomic E-state index is 0.104. The highest BCUT2D eigenvalue weighted by atomic mass is 35.5. The highest BCUT2D eigenvalue weighted by molar-refractivity contribution is 6.42. The first-order valence-electron chi connectivity index (χ1n) is 9.94. The van der Waals surface area contributed by atoms with Crippen molar-refractivity contribution in [1.82, 2.24) is 14.9 Å². The second kappa shape index (κ2) is 9.45. The Morgan fingerprint density at radius 1 is 0.967 bits per heavy atom. The van der Waals surface area contributed by atoms with Crippen LogP contribution >= 0.6 is 23.2 Å². The van der Waals surface area contributed by atoms with Gasteiger partial charge in [0.05, 0.1) is 27.8 Å². The number of halogens is 2. The first-order valence-corrected chi connectivity index (χ1v) is 10.7. The molecule has 1 amide bonds. The summed E-state index contributed by atoms with van der Waals surface area (Å²) in [6.45, 7) is 2.81. The van der Waals surface area contributed by atoms with Crippen molar-refractivity contribution in [2.75, 3.05) is 18.0 Å². The number of hydrogen-bond acceptors (Lipinski definition) is 4. The summed E-state index contributed by atoms with van der Waals surface area (Å²) >= 11 is 12.2. The van der Waals surface area contributed by atoms with E-state index in [9.17, 15) is 4.79 Å². The number of benzene rings is 1. The first kappa shape index (κ1) is 20.6. The molecule has 2 aromatic heterocycles. The highest BCUT2D eigenvalue weighted by Crippen LogP contribution is 2.24. The molecule has 4 rings (SSSR count). The average Bonchev–Trinajstić information content (AvgIpc) is 3.31. The predicted octanol–water partition coefficient (Wildman–Crippen LogP) is 5.23. The van der Waals surface area contributed by atoms with E-state index in [0.29, 0.717) is 28.7 Å². The molecule has 3 heterocycles. The summed E-state index contributed by atoms with van der Waals surface area (Å²) in [5.74, 6) is 0.817. The van der Waals surface area contributed by atoms with Crippen molar-refractivity contribution in [2.45, 2.75) is 25.9 Å². The molecule has 0 bridgehead atoms. The van der Waals surface area contributed by atoms with E-state index in [-0.39, 0.29) is 5.91 Å². The van der Waals surface area contributed by atoms with Gasteiger partial charge in [-0.1, -0.05) is 35.3 Å². The van der Waals surface area contributed by atoms with E-state index in [1.165, 1.54) is 12.8 Å². The summed E-state index contributed by atoms with van der Waals surface area (Å²) in [7, 11) is 0. The topological polar surface area (TPSA) is 49.3 Å². The van der Waals surface area contributed by atoms with Crippen LogP contribution in [0.4, 0.5) is 5.82 Å². The van der Waals surface area contributed by atoms with Gasteiger partial charge in [-0.15, -0.1) is 0 Å². The molecule has 0 spiro atoms. The third kappa shape index (κ3) is 4.91. The van der Waals surface area contributed by atoms with Crippen molar-refractivity contribution in [3.8, 4) is 0 Å². The third-order valence-corrected chi connectivity index (χ3v) is 5.89. The Labute approximate surface area is 186 Å². The lowest BCUT2D eigenvalue weighted by Crippen LogP contribution is -2.30. The van der Waals surface area contributed by atoms with Crippen LogP contribution in [0.1, 0.15) is 34.5 Å². The van der Waals surface area contributed by atoms with E-state index in [1.54, 1.807) is 29.4 Å². The van der Waals surface area contributed by atoms with Crippen molar-refractivity contribution in [3.05, 3.63) is 87.8 Å². The maximum Gasteiger partial charge on any atom is 0.256 e. The molecule has 0 radical (unpaired) electrons. The number of amides is 1. The standard InChI is InChI=1S/C23H22Cl2N4O/c24-20-8-6-17(13-21(20)25)15-29(16-19-5-1-2-10-26-19)23(30)18-7-9-22(27-14-18)28-11-3-4-12-28/h1-2,5-10,13-14H,3-4,11-12,15-16H2. The van der Waals surface area contributed by atoms with E-state index in [4.69, 9.17) is 23.2 Å². The Morgan fingerprint density at radius 3 is 2.47 bits per heavy atom. The van der Waals surface area contributed by atoms with E-state index in [0.717, 1.165) is 30.2 Å². The van der Waals surface area contributed by atoms with Crippen molar-refractivity contribution in [3.63, 3.8) is 0 Å². The van der Waals surface area contributed by atoms with Gasteiger partial charge in [0.15, 0.2) is 0 Å². The van der Waals surface area contributed by atoms with Crippen molar-refractivity contribution >= 4 is 34.9 Å². The van der Waals surface area contributed by atoms with Crippen LogP contribution in [0.2, 0.25) is 10.0 Å². The number of anilines is 1. The Balaban J connectivity index is 1.57. The lowest BCUT2D eigenvalue weighted by atomic mass is 10.1. The monoisotopic (exact) mass is 440 g/mol. The van der Waals surface area contributed by atoms with E-state index in [2.05, 4.69) is 14.9 Å². The molecule has 5 nitrogen and oxygen atoms in total. The van der Waals surface area contributed by atoms with Gasteiger partial charge < -0.3 is 9.80 Å². The lowest BCUT2D eigenvalue weighted by Gasteiger charge is -2.23. The Kier molecular flexibility index (Phi) is 6.50. The van der Waals surface area contributed by atoms with Crippen LogP contribution in [0, 0.1) is 0 Å². The number of rotatable bonds is 6. The first-order chi connectivity index (χ1) is 14.6. The zero-order valence-corrected chi connectivity index (χ0v) is 18.0. The fraction of sp³-hybridized carbons (Fsp3) is 0.261. The summed E-state index contributed by atoms with van der Waals surface area (Å²) in [6.07, 6.45) is 5.76. The van der Waals surface area contributed by atoms with Crippen LogP contribution in [0.3, 0.4) is 0 Å². The van der Waals surface area contributed by atoms with Gasteiger partial charge in [0.1, 0.15) is 5.82 Å². The summed E-state index contributed by atoms with van der Waals surface area (Å²) in [5, 5.41) is 0.959. The molecular formula is C23H22Cl2N4O. The number of carbonyl (C=O) groups is 1. The molecule has 1 aliphatic rings. The molecule has 0 unspecified atom stereocenters. The van der Waals surface area contributed by atoms with Gasteiger partial charge in [0, 0.05) is 32.0 Å². The van der Waals surface area contributed by atoms with E-state index >= 15 is 0 Å². The van der Waals surface area contributed by atoms with Crippen molar-refractivity contribution < 1.29 is 4.79 Å². The fourth-order valence-electron chi connectivity index (χ4n) is 3.57. The normalized spacial score (nSPS) is 13.5. The zero-order valence-electron chi connectivity index (χ0n) is 16.5. The van der Waals surface area contributed by atoms with Gasteiger partial charge in [0.2, 0.25) is 0 Å². The molecule has 1 saturated heterocycles. The average molecular weight is 441 g/mol. The Hall–Kier alpha value is -2.63. The molecule has 3 aromatic rings. The molecule has 0 N–H and O–H groups in total. The Bertz CT molecular complexity index is 1010. The molecule has 7 heteroatoms. The van der Waals surface area contributed by atoms with E-state index < -0.39 is 0 Å². The summed E-state index contributed by atoms with van der Waals surface area (Å²) < 4.78 is 0. The van der Waals surface area contributed by atoms with Gasteiger partial charge in [-0.05, 0) is 54.8 Å². The summed E-state index contributed by atoms with van der Waals surface area (Å²) in [6, 6.07) is 14.9. The van der Waals surface area contributed by atoms with Gasteiger partial charge >= 0.3 is 0 Å². The molecule has 0 saturated carbocycles. The van der Waals surface area contributed by atoms with Crippen LogP contribution in [-0.2, 0) is 13.1 Å². The lowest BCUT2D eigenvalue weighted by molar-refractivity contribution is 0.0727. The molecule has 0 atom stereocenters. The quantitative estimate of drug-likeness (QED) is 0.526. The number of hydrogen-bond donors (Lipinski definition) is 0. The number of nitrogens with zero attached hydrogens (tertiary/aromatic N) is 4.